The van der Waals surface area contributed by atoms with E-state index in [0.29, 0.717) is 12.2 Å². The molecule has 5 nitrogen and oxygen atoms in total. The monoisotopic (exact) mass is 550 g/mol. The van der Waals surface area contributed by atoms with Gasteiger partial charge >= 0.3 is 0 Å². The number of hydrogen-bond donors (Lipinski definition) is 1. The molecule has 0 fully saturated rings. The molecule has 0 bridgehead atoms. The second kappa shape index (κ2) is 12.2. The zero-order valence-electron chi connectivity index (χ0n) is 21.7. The molecule has 6 heteroatoms. The van der Waals surface area contributed by atoms with Crippen molar-refractivity contribution < 1.29 is 14.3 Å². The molecule has 190 valence electrons. The van der Waals surface area contributed by atoms with Crippen LogP contribution in [0.3, 0.4) is 0 Å². The minimum Gasteiger partial charge on any atom is -0.483 e. The maximum Gasteiger partial charge on any atom is 0.261 e. The average molecular weight is 552 g/mol. The topological polar surface area (TPSA) is 58.6 Å². The number of amides is 2. The Morgan fingerprint density at radius 2 is 1.58 bits per heavy atom. The highest BCUT2D eigenvalue weighted by atomic mass is 79.9. The number of ether oxygens (including phenoxy) is 1. The van der Waals surface area contributed by atoms with Gasteiger partial charge < -0.3 is 15.0 Å². The predicted octanol–water partition coefficient (Wildman–Crippen LogP) is 6.00. The Hall–Kier alpha value is -3.12. The van der Waals surface area contributed by atoms with Crippen LogP contribution in [0.1, 0.15) is 43.0 Å². The number of rotatable bonds is 9. The summed E-state index contributed by atoms with van der Waals surface area (Å²) >= 11 is 3.47. The molecule has 0 saturated heterocycles. The van der Waals surface area contributed by atoms with Crippen LogP contribution in [-0.2, 0) is 22.6 Å². The van der Waals surface area contributed by atoms with Crippen molar-refractivity contribution in [1.29, 1.82) is 0 Å². The van der Waals surface area contributed by atoms with Gasteiger partial charge in [-0.25, -0.2) is 0 Å². The molecule has 2 amide bonds. The number of aryl methyl sites for hydroxylation is 1. The lowest BCUT2D eigenvalue weighted by molar-refractivity contribution is -0.143. The molecule has 0 radical (unpaired) electrons. The third-order valence-electron chi connectivity index (χ3n) is 5.94. The first-order valence-corrected chi connectivity index (χ1v) is 12.9. The van der Waals surface area contributed by atoms with Gasteiger partial charge in [0.25, 0.3) is 5.91 Å². The van der Waals surface area contributed by atoms with Crippen LogP contribution in [0, 0.1) is 13.8 Å². The Kier molecular flexibility index (Phi) is 9.32. The highest BCUT2D eigenvalue weighted by Crippen LogP contribution is 2.22. The fourth-order valence-corrected chi connectivity index (χ4v) is 4.16. The first kappa shape index (κ1) is 27.5. The zero-order valence-corrected chi connectivity index (χ0v) is 23.3. The molecular formula is C30H35BrN2O3. The minimum atomic E-state index is -0.704. The van der Waals surface area contributed by atoms with Gasteiger partial charge in [-0.3, -0.25) is 9.59 Å². The van der Waals surface area contributed by atoms with E-state index in [1.807, 2.05) is 107 Å². The van der Waals surface area contributed by atoms with Crippen LogP contribution < -0.4 is 10.1 Å². The number of carbonyl (C=O) groups is 2. The summed E-state index contributed by atoms with van der Waals surface area (Å²) in [4.78, 5) is 28.9. The van der Waals surface area contributed by atoms with Crippen LogP contribution in [0.5, 0.6) is 5.75 Å². The summed E-state index contributed by atoms with van der Waals surface area (Å²) in [6.45, 7) is 9.94. The van der Waals surface area contributed by atoms with Crippen molar-refractivity contribution in [2.45, 2.75) is 59.2 Å². The fraction of sp³-hybridized carbons (Fsp3) is 0.333. The Bertz CT molecular complexity index is 1170. The first-order chi connectivity index (χ1) is 17.0. The third kappa shape index (κ3) is 7.95. The normalized spacial score (nSPS) is 12.1. The van der Waals surface area contributed by atoms with Crippen molar-refractivity contribution >= 4 is 27.7 Å². The van der Waals surface area contributed by atoms with E-state index in [1.54, 1.807) is 4.90 Å². The number of carbonyl (C=O) groups excluding carboxylic acids is 2. The van der Waals surface area contributed by atoms with Crippen LogP contribution in [0.15, 0.2) is 77.3 Å². The Morgan fingerprint density at radius 1 is 0.917 bits per heavy atom. The van der Waals surface area contributed by atoms with Gasteiger partial charge in [-0.1, -0.05) is 70.5 Å². The van der Waals surface area contributed by atoms with E-state index in [1.165, 1.54) is 0 Å². The molecule has 0 aliphatic heterocycles. The standard InChI is InChI=1S/C30H35BrN2O3/c1-21-10-9-13-27(22(21)2)36-20-28(34)33(19-24-14-16-25(31)17-15-24)26(29(35)32-30(3,4)5)18-23-11-7-6-8-12-23/h6-17,26H,18-20H2,1-5H3,(H,32,35)/t26-/m0/s1. The van der Waals surface area contributed by atoms with E-state index in [-0.39, 0.29) is 25.0 Å². The Labute approximate surface area is 223 Å². The molecule has 0 aromatic heterocycles. The molecular weight excluding hydrogens is 516 g/mol. The molecule has 0 aliphatic rings. The molecule has 0 heterocycles. The molecule has 3 aromatic carbocycles. The number of nitrogens with one attached hydrogen (secondary N) is 1. The maximum atomic E-state index is 13.7. The predicted molar refractivity (Wildman–Crippen MR) is 148 cm³/mol. The summed E-state index contributed by atoms with van der Waals surface area (Å²) in [5, 5.41) is 3.08. The molecule has 3 aromatic rings. The first-order valence-electron chi connectivity index (χ1n) is 12.1. The lowest BCUT2D eigenvalue weighted by Gasteiger charge is -2.33. The number of benzene rings is 3. The molecule has 0 spiro atoms. The van der Waals surface area contributed by atoms with Crippen LogP contribution >= 0.6 is 15.9 Å². The Morgan fingerprint density at radius 3 is 2.22 bits per heavy atom. The number of hydrogen-bond acceptors (Lipinski definition) is 3. The summed E-state index contributed by atoms with van der Waals surface area (Å²) in [6, 6.07) is 22.7. The van der Waals surface area contributed by atoms with Crippen molar-refractivity contribution in [2.75, 3.05) is 6.61 Å². The average Bonchev–Trinajstić information content (AvgIpc) is 2.83. The van der Waals surface area contributed by atoms with Gasteiger partial charge in [0.1, 0.15) is 11.8 Å². The molecule has 0 saturated carbocycles. The van der Waals surface area contributed by atoms with Crippen molar-refractivity contribution in [2.24, 2.45) is 0 Å². The smallest absolute Gasteiger partial charge is 0.261 e. The summed E-state index contributed by atoms with van der Waals surface area (Å²) in [5.41, 5.74) is 3.57. The molecule has 1 N–H and O–H groups in total. The lowest BCUT2D eigenvalue weighted by Crippen LogP contribution is -2.55. The van der Waals surface area contributed by atoms with Gasteiger partial charge in [0, 0.05) is 23.0 Å². The van der Waals surface area contributed by atoms with Gasteiger partial charge in [-0.15, -0.1) is 0 Å². The van der Waals surface area contributed by atoms with Gasteiger partial charge in [0.05, 0.1) is 0 Å². The molecule has 0 aliphatic carbocycles. The maximum absolute atomic E-state index is 13.7. The van der Waals surface area contributed by atoms with Gasteiger partial charge in [0.15, 0.2) is 6.61 Å². The largest absolute Gasteiger partial charge is 0.483 e. The minimum absolute atomic E-state index is 0.158. The second-order valence-electron chi connectivity index (χ2n) is 10.1. The second-order valence-corrected chi connectivity index (χ2v) is 11.0. The van der Waals surface area contributed by atoms with Crippen molar-refractivity contribution in [3.63, 3.8) is 0 Å². The van der Waals surface area contributed by atoms with E-state index < -0.39 is 11.6 Å². The van der Waals surface area contributed by atoms with Gasteiger partial charge in [-0.2, -0.15) is 0 Å². The number of halogens is 1. The van der Waals surface area contributed by atoms with E-state index >= 15 is 0 Å². The van der Waals surface area contributed by atoms with E-state index in [9.17, 15) is 9.59 Å². The van der Waals surface area contributed by atoms with Crippen LogP contribution in [-0.4, -0.2) is 34.9 Å². The highest BCUT2D eigenvalue weighted by molar-refractivity contribution is 9.10. The summed E-state index contributed by atoms with van der Waals surface area (Å²) < 4.78 is 6.92. The molecule has 1 atom stereocenters. The van der Waals surface area contributed by atoms with Crippen LogP contribution in [0.25, 0.3) is 0 Å². The Balaban J connectivity index is 1.94. The van der Waals surface area contributed by atoms with E-state index in [2.05, 4.69) is 21.2 Å². The summed E-state index contributed by atoms with van der Waals surface area (Å²) in [7, 11) is 0. The summed E-state index contributed by atoms with van der Waals surface area (Å²) in [5.74, 6) is 0.234. The van der Waals surface area contributed by atoms with Crippen molar-refractivity contribution in [3.05, 3.63) is 99.5 Å². The molecule has 3 rings (SSSR count). The summed E-state index contributed by atoms with van der Waals surface area (Å²) in [6.07, 6.45) is 0.397. The fourth-order valence-electron chi connectivity index (χ4n) is 3.90. The quantitative estimate of drug-likeness (QED) is 0.355. The zero-order chi connectivity index (χ0) is 26.3. The lowest BCUT2D eigenvalue weighted by atomic mass is 10.0. The number of nitrogens with zero attached hydrogens (tertiary/aromatic N) is 1. The molecule has 36 heavy (non-hydrogen) atoms. The van der Waals surface area contributed by atoms with E-state index in [4.69, 9.17) is 4.74 Å². The van der Waals surface area contributed by atoms with E-state index in [0.717, 1.165) is 26.7 Å². The van der Waals surface area contributed by atoms with Gasteiger partial charge in [-0.05, 0) is 75.1 Å². The SMILES string of the molecule is Cc1cccc(OCC(=O)N(Cc2ccc(Br)cc2)[C@@H](Cc2ccccc2)C(=O)NC(C)(C)C)c1C. The molecule has 0 unspecified atom stereocenters. The van der Waals surface area contributed by atoms with Gasteiger partial charge in [0.2, 0.25) is 5.91 Å². The van der Waals surface area contributed by atoms with Crippen LogP contribution in [0.4, 0.5) is 0 Å². The van der Waals surface area contributed by atoms with Crippen LogP contribution in [0.2, 0.25) is 0 Å². The van der Waals surface area contributed by atoms with Crippen molar-refractivity contribution in [1.82, 2.24) is 10.2 Å². The highest BCUT2D eigenvalue weighted by Gasteiger charge is 2.32. The van der Waals surface area contributed by atoms with Crippen molar-refractivity contribution in [3.8, 4) is 5.75 Å². The third-order valence-corrected chi connectivity index (χ3v) is 6.47.